The standard InChI is InChI=1S/C18H17IN4O3/c1-12-9-16(21-26-12)20-17(24)11-22(2)18(25)15-7-4-8-23(15)14-6-3-5-13(19)10-14/h3-10H,11H2,1-2H3,(H,20,21,24). The largest absolute Gasteiger partial charge is 0.360 e. The van der Waals surface area contributed by atoms with Crippen molar-refractivity contribution >= 4 is 40.2 Å². The van der Waals surface area contributed by atoms with Crippen LogP contribution < -0.4 is 5.32 Å². The van der Waals surface area contributed by atoms with Crippen LogP contribution in [0.1, 0.15) is 16.2 Å². The van der Waals surface area contributed by atoms with E-state index in [1.54, 1.807) is 36.7 Å². The molecule has 8 heteroatoms. The van der Waals surface area contributed by atoms with Gasteiger partial charge in [0.1, 0.15) is 11.5 Å². The van der Waals surface area contributed by atoms with Crippen molar-refractivity contribution in [3.8, 4) is 5.69 Å². The Morgan fingerprint density at radius 2 is 2.08 bits per heavy atom. The highest BCUT2D eigenvalue weighted by molar-refractivity contribution is 14.1. The number of nitrogens with zero attached hydrogens (tertiary/aromatic N) is 3. The van der Waals surface area contributed by atoms with Crippen molar-refractivity contribution in [2.24, 2.45) is 0 Å². The molecule has 2 heterocycles. The lowest BCUT2D eigenvalue weighted by Crippen LogP contribution is -2.35. The van der Waals surface area contributed by atoms with E-state index in [2.05, 4.69) is 33.1 Å². The molecule has 0 aliphatic carbocycles. The fourth-order valence-corrected chi connectivity index (χ4v) is 3.02. The second-order valence-electron chi connectivity index (χ2n) is 5.78. The minimum Gasteiger partial charge on any atom is -0.360 e. The number of likely N-dealkylation sites (N-methyl/N-ethyl adjacent to an activating group) is 1. The number of aromatic nitrogens is 2. The number of amides is 2. The number of anilines is 1. The van der Waals surface area contributed by atoms with Gasteiger partial charge in [0.25, 0.3) is 5.91 Å². The third-order valence-corrected chi connectivity index (χ3v) is 4.35. The van der Waals surface area contributed by atoms with E-state index in [0.717, 1.165) is 9.26 Å². The fraction of sp³-hybridized carbons (Fsp3) is 0.167. The molecule has 7 nitrogen and oxygen atoms in total. The topological polar surface area (TPSA) is 80.4 Å². The van der Waals surface area contributed by atoms with Crippen LogP contribution in [0.4, 0.5) is 5.82 Å². The predicted molar refractivity (Wildman–Crippen MR) is 105 cm³/mol. The Bertz CT molecular complexity index is 947. The van der Waals surface area contributed by atoms with Crippen molar-refractivity contribution in [1.82, 2.24) is 14.6 Å². The SMILES string of the molecule is Cc1cc(NC(=O)CN(C)C(=O)c2cccn2-c2cccc(I)c2)no1. The molecule has 0 aliphatic rings. The lowest BCUT2D eigenvalue weighted by atomic mass is 10.3. The van der Waals surface area contributed by atoms with E-state index in [-0.39, 0.29) is 18.4 Å². The molecule has 2 aromatic heterocycles. The van der Waals surface area contributed by atoms with Gasteiger partial charge in [-0.15, -0.1) is 0 Å². The number of carbonyl (C=O) groups excluding carboxylic acids is 2. The highest BCUT2D eigenvalue weighted by atomic mass is 127. The minimum absolute atomic E-state index is 0.0950. The summed E-state index contributed by atoms with van der Waals surface area (Å²) >= 11 is 2.23. The van der Waals surface area contributed by atoms with Gasteiger partial charge in [-0.25, -0.2) is 0 Å². The molecule has 134 valence electrons. The van der Waals surface area contributed by atoms with Crippen molar-refractivity contribution < 1.29 is 14.1 Å². The Morgan fingerprint density at radius 1 is 1.27 bits per heavy atom. The van der Waals surface area contributed by atoms with Crippen LogP contribution in [0.3, 0.4) is 0 Å². The lowest BCUT2D eigenvalue weighted by molar-refractivity contribution is -0.116. The second kappa shape index (κ2) is 7.73. The Balaban J connectivity index is 1.71. The molecule has 2 amide bonds. The number of hydrogen-bond acceptors (Lipinski definition) is 4. The number of hydrogen-bond donors (Lipinski definition) is 1. The van der Waals surface area contributed by atoms with Gasteiger partial charge in [-0.05, 0) is 59.8 Å². The van der Waals surface area contributed by atoms with E-state index in [1.165, 1.54) is 4.90 Å². The monoisotopic (exact) mass is 464 g/mol. The van der Waals surface area contributed by atoms with E-state index < -0.39 is 0 Å². The minimum atomic E-state index is -0.346. The molecule has 0 unspecified atom stereocenters. The van der Waals surface area contributed by atoms with E-state index in [1.807, 2.05) is 30.5 Å². The molecule has 0 spiro atoms. The zero-order valence-corrected chi connectivity index (χ0v) is 16.4. The van der Waals surface area contributed by atoms with Gasteiger partial charge in [0.05, 0.1) is 6.54 Å². The Kier molecular flexibility index (Phi) is 5.40. The molecule has 0 saturated heterocycles. The van der Waals surface area contributed by atoms with Crippen molar-refractivity contribution in [3.63, 3.8) is 0 Å². The Morgan fingerprint density at radius 3 is 2.77 bits per heavy atom. The van der Waals surface area contributed by atoms with Crippen LogP contribution in [0.5, 0.6) is 0 Å². The van der Waals surface area contributed by atoms with Gasteiger partial charge in [0.15, 0.2) is 5.82 Å². The zero-order chi connectivity index (χ0) is 18.7. The van der Waals surface area contributed by atoms with Crippen molar-refractivity contribution in [1.29, 1.82) is 0 Å². The van der Waals surface area contributed by atoms with Gasteiger partial charge in [0, 0.05) is 28.6 Å². The third kappa shape index (κ3) is 4.13. The summed E-state index contributed by atoms with van der Waals surface area (Å²) in [7, 11) is 1.59. The van der Waals surface area contributed by atoms with Crippen LogP contribution in [0, 0.1) is 10.5 Å². The summed E-state index contributed by atoms with van der Waals surface area (Å²) in [6, 6.07) is 13.0. The quantitative estimate of drug-likeness (QED) is 0.589. The van der Waals surface area contributed by atoms with Gasteiger partial charge in [-0.2, -0.15) is 0 Å². The molecule has 3 rings (SSSR count). The summed E-state index contributed by atoms with van der Waals surface area (Å²) in [4.78, 5) is 26.2. The van der Waals surface area contributed by atoms with Gasteiger partial charge in [-0.1, -0.05) is 11.2 Å². The number of nitrogens with one attached hydrogen (secondary N) is 1. The Hall–Kier alpha value is -2.62. The maximum Gasteiger partial charge on any atom is 0.271 e. The van der Waals surface area contributed by atoms with Gasteiger partial charge < -0.3 is 19.3 Å². The first kappa shape index (κ1) is 18.2. The van der Waals surface area contributed by atoms with Crippen molar-refractivity contribution in [3.05, 3.63) is 63.7 Å². The summed E-state index contributed by atoms with van der Waals surface area (Å²) in [6.45, 7) is 1.64. The normalized spacial score (nSPS) is 10.6. The van der Waals surface area contributed by atoms with Crippen LogP contribution in [0.2, 0.25) is 0 Å². The number of aryl methyl sites for hydroxylation is 1. The van der Waals surface area contributed by atoms with Gasteiger partial charge in [-0.3, -0.25) is 9.59 Å². The number of benzene rings is 1. The van der Waals surface area contributed by atoms with Crippen LogP contribution in [0.15, 0.2) is 53.2 Å². The van der Waals surface area contributed by atoms with Crippen LogP contribution in [-0.4, -0.2) is 40.0 Å². The average molecular weight is 464 g/mol. The first-order chi connectivity index (χ1) is 12.4. The number of rotatable bonds is 5. The molecule has 0 aliphatic heterocycles. The Labute approximate surface area is 164 Å². The summed E-state index contributed by atoms with van der Waals surface area (Å²) in [5, 5.41) is 6.31. The molecule has 1 aromatic carbocycles. The van der Waals surface area contributed by atoms with Gasteiger partial charge >= 0.3 is 0 Å². The molecular weight excluding hydrogens is 447 g/mol. The van der Waals surface area contributed by atoms with Crippen molar-refractivity contribution in [2.45, 2.75) is 6.92 Å². The maximum atomic E-state index is 12.8. The van der Waals surface area contributed by atoms with E-state index in [4.69, 9.17) is 4.52 Å². The number of carbonyl (C=O) groups is 2. The molecule has 1 N–H and O–H groups in total. The lowest BCUT2D eigenvalue weighted by Gasteiger charge is -2.18. The third-order valence-electron chi connectivity index (χ3n) is 3.68. The van der Waals surface area contributed by atoms with Crippen molar-refractivity contribution in [2.75, 3.05) is 18.9 Å². The first-order valence-electron chi connectivity index (χ1n) is 7.86. The average Bonchev–Trinajstić information content (AvgIpc) is 3.23. The van der Waals surface area contributed by atoms with E-state index in [0.29, 0.717) is 17.3 Å². The second-order valence-corrected chi connectivity index (χ2v) is 7.02. The predicted octanol–water partition coefficient (Wildman–Crippen LogP) is 3.09. The summed E-state index contributed by atoms with van der Waals surface area (Å²) < 4.78 is 7.78. The molecule has 0 bridgehead atoms. The molecule has 3 aromatic rings. The summed E-state index contributed by atoms with van der Waals surface area (Å²) in [5.41, 5.74) is 1.38. The summed E-state index contributed by atoms with van der Waals surface area (Å²) in [5.74, 6) is 0.331. The molecule has 0 fully saturated rings. The van der Waals surface area contributed by atoms with Crippen LogP contribution >= 0.6 is 22.6 Å². The van der Waals surface area contributed by atoms with E-state index in [9.17, 15) is 9.59 Å². The van der Waals surface area contributed by atoms with Crippen LogP contribution in [0.25, 0.3) is 5.69 Å². The fourth-order valence-electron chi connectivity index (χ4n) is 2.50. The molecule has 0 atom stereocenters. The zero-order valence-electron chi connectivity index (χ0n) is 14.3. The highest BCUT2D eigenvalue weighted by Gasteiger charge is 2.19. The van der Waals surface area contributed by atoms with E-state index >= 15 is 0 Å². The summed E-state index contributed by atoms with van der Waals surface area (Å²) in [6.07, 6.45) is 1.82. The molecular formula is C18H17IN4O3. The molecule has 0 saturated carbocycles. The smallest absolute Gasteiger partial charge is 0.271 e. The highest BCUT2D eigenvalue weighted by Crippen LogP contribution is 2.17. The maximum absolute atomic E-state index is 12.8. The van der Waals surface area contributed by atoms with Gasteiger partial charge in [0.2, 0.25) is 5.91 Å². The molecule has 0 radical (unpaired) electrons. The number of halogens is 1. The van der Waals surface area contributed by atoms with Crippen LogP contribution in [-0.2, 0) is 4.79 Å². The molecule has 26 heavy (non-hydrogen) atoms. The first-order valence-corrected chi connectivity index (χ1v) is 8.94.